The predicted octanol–water partition coefficient (Wildman–Crippen LogP) is 4.46. The van der Waals surface area contributed by atoms with Gasteiger partial charge in [0.15, 0.2) is 11.5 Å². The van der Waals surface area contributed by atoms with Crippen molar-refractivity contribution in [2.45, 2.75) is 0 Å². The van der Waals surface area contributed by atoms with Crippen molar-refractivity contribution in [3.63, 3.8) is 0 Å². The van der Waals surface area contributed by atoms with Gasteiger partial charge in [0.05, 0.1) is 12.8 Å². The molecule has 0 fully saturated rings. The molecule has 0 aliphatic heterocycles. The number of ether oxygens (including phenoxy) is 2. The molecule has 0 bridgehead atoms. The van der Waals surface area contributed by atoms with Crippen LogP contribution in [0.2, 0.25) is 5.02 Å². The number of halogens is 1. The van der Waals surface area contributed by atoms with Gasteiger partial charge in [0, 0.05) is 22.8 Å². The lowest BCUT2D eigenvalue weighted by Crippen LogP contribution is -2.21. The summed E-state index contributed by atoms with van der Waals surface area (Å²) in [7, 11) is 2.25. The topological polar surface area (TPSA) is 57.8 Å². The zero-order valence-corrected chi connectivity index (χ0v) is 17.7. The summed E-state index contributed by atoms with van der Waals surface area (Å²) < 4.78 is 14.2. The number of rotatable bonds is 6. The van der Waals surface area contributed by atoms with Crippen LogP contribution < -0.4 is 15.0 Å². The molecule has 0 spiro atoms. The highest BCUT2D eigenvalue weighted by molar-refractivity contribution is 7.36. The van der Waals surface area contributed by atoms with Gasteiger partial charge in [0.25, 0.3) is 5.56 Å². The minimum Gasteiger partial charge on any atom is -0.493 e. The fourth-order valence-corrected chi connectivity index (χ4v) is 3.48. The summed E-state index contributed by atoms with van der Waals surface area (Å²) in [5.74, 6) is 1.23. The van der Waals surface area contributed by atoms with E-state index in [0.717, 1.165) is 11.1 Å². The van der Waals surface area contributed by atoms with Crippen LogP contribution in [-0.4, -0.2) is 34.3 Å². The molecule has 0 amide bonds. The van der Waals surface area contributed by atoms with E-state index in [1.54, 1.807) is 17.7 Å². The van der Waals surface area contributed by atoms with E-state index >= 15 is 0 Å². The van der Waals surface area contributed by atoms with Gasteiger partial charge < -0.3 is 9.47 Å². The first-order valence-corrected chi connectivity index (χ1v) is 11.0. The van der Waals surface area contributed by atoms with Gasteiger partial charge in [0.2, 0.25) is 0 Å². The third-order valence-corrected chi connectivity index (χ3v) is 5.19. The lowest BCUT2D eigenvalue weighted by atomic mass is 10.1. The Kier molecular flexibility index (Phi) is 5.56. The van der Waals surface area contributed by atoms with E-state index in [1.165, 1.54) is 10.9 Å². The van der Waals surface area contributed by atoms with Gasteiger partial charge in [0.1, 0.15) is 18.2 Å². The second-order valence-corrected chi connectivity index (χ2v) is 7.78. The Morgan fingerprint density at radius 3 is 2.59 bits per heavy atom. The van der Waals surface area contributed by atoms with Gasteiger partial charge in [-0.25, -0.2) is 4.52 Å². The molecule has 2 heterocycles. The summed E-state index contributed by atoms with van der Waals surface area (Å²) in [6.07, 6.45) is 3.96. The fraction of sp³-hybridized carbons (Fsp3) is 0.143. The van der Waals surface area contributed by atoms with Crippen molar-refractivity contribution >= 4 is 25.7 Å². The highest BCUT2D eigenvalue weighted by Gasteiger charge is 2.12. The Morgan fingerprint density at radius 1 is 1.07 bits per heavy atom. The van der Waals surface area contributed by atoms with E-state index in [1.807, 2.05) is 48.7 Å². The summed E-state index contributed by atoms with van der Waals surface area (Å²) in [5, 5.41) is 5.06. The Balaban J connectivity index is 1.76. The monoisotopic (exact) mass is 427 g/mol. The van der Waals surface area contributed by atoms with Crippen LogP contribution in [0.1, 0.15) is 0 Å². The number of hydrogen-bond donors (Lipinski definition) is 0. The second kappa shape index (κ2) is 8.27. The highest BCUT2D eigenvalue weighted by Crippen LogP contribution is 2.30. The van der Waals surface area contributed by atoms with Crippen LogP contribution in [0.5, 0.6) is 11.5 Å². The average Bonchev–Trinajstić information content (AvgIpc) is 3.18. The van der Waals surface area contributed by atoms with E-state index in [-0.39, 0.29) is 5.56 Å². The molecule has 1 unspecified atom stereocenters. The van der Waals surface area contributed by atoms with Crippen molar-refractivity contribution in [2.24, 2.45) is 0 Å². The highest BCUT2D eigenvalue weighted by atomic mass is 35.5. The molecular weight excluding hydrogens is 409 g/mol. The molecule has 1 atom stereocenters. The van der Waals surface area contributed by atoms with Crippen LogP contribution in [0, 0.1) is 0 Å². The fourth-order valence-electron chi connectivity index (χ4n) is 3.05. The van der Waals surface area contributed by atoms with Crippen LogP contribution in [0.25, 0.3) is 22.3 Å². The lowest BCUT2D eigenvalue weighted by Gasteiger charge is -2.12. The number of benzene rings is 2. The predicted molar refractivity (Wildman–Crippen MR) is 118 cm³/mol. The van der Waals surface area contributed by atoms with Crippen molar-refractivity contribution in [3.8, 4) is 28.3 Å². The number of nitrogens with zero attached hydrogens (tertiary/aromatic N) is 3. The molecule has 0 saturated carbocycles. The lowest BCUT2D eigenvalue weighted by molar-refractivity contribution is 0.343. The minimum absolute atomic E-state index is 0.175. The minimum atomic E-state index is -0.175. The van der Waals surface area contributed by atoms with Crippen molar-refractivity contribution < 1.29 is 9.47 Å². The first kappa shape index (κ1) is 19.5. The van der Waals surface area contributed by atoms with Crippen LogP contribution in [-0.2, 0) is 0 Å². The van der Waals surface area contributed by atoms with Crippen molar-refractivity contribution in [1.82, 2.24) is 14.2 Å². The standard InChI is InChI=1S/C21H19ClN3O3P/c1-27-20-10-17(7-8-19(20)28-13-29-2)24-12-23-25-11-15(9-18(25)21(24)26)14-3-5-16(22)6-4-14/h3-12,29H,13H2,1-2H3. The van der Waals surface area contributed by atoms with Gasteiger partial charge in [-0.2, -0.15) is 5.10 Å². The van der Waals surface area contributed by atoms with E-state index in [2.05, 4.69) is 11.8 Å². The second-order valence-electron chi connectivity index (χ2n) is 6.35. The quantitative estimate of drug-likeness (QED) is 0.426. The summed E-state index contributed by atoms with van der Waals surface area (Å²) in [4.78, 5) is 13.1. The summed E-state index contributed by atoms with van der Waals surface area (Å²) in [6, 6.07) is 14.7. The Bertz CT molecular complexity index is 1220. The van der Waals surface area contributed by atoms with Crippen molar-refractivity contribution in [1.29, 1.82) is 0 Å². The van der Waals surface area contributed by atoms with Gasteiger partial charge >= 0.3 is 0 Å². The summed E-state index contributed by atoms with van der Waals surface area (Å²) in [5.41, 5.74) is 2.81. The van der Waals surface area contributed by atoms with E-state index in [4.69, 9.17) is 21.1 Å². The molecule has 6 nitrogen and oxygen atoms in total. The van der Waals surface area contributed by atoms with Crippen LogP contribution in [0.15, 0.2) is 65.8 Å². The summed E-state index contributed by atoms with van der Waals surface area (Å²) in [6.45, 7) is 2.07. The molecule has 8 heteroatoms. The van der Waals surface area contributed by atoms with E-state index in [9.17, 15) is 4.79 Å². The molecule has 0 radical (unpaired) electrons. The smallest absolute Gasteiger partial charge is 0.282 e. The van der Waals surface area contributed by atoms with Crippen molar-refractivity contribution in [3.05, 3.63) is 76.4 Å². The van der Waals surface area contributed by atoms with Crippen LogP contribution in [0.4, 0.5) is 0 Å². The zero-order chi connectivity index (χ0) is 20.4. The number of aromatic nitrogens is 3. The largest absolute Gasteiger partial charge is 0.493 e. The van der Waals surface area contributed by atoms with Gasteiger partial charge in [-0.1, -0.05) is 32.3 Å². The maximum absolute atomic E-state index is 13.1. The van der Waals surface area contributed by atoms with E-state index < -0.39 is 0 Å². The molecule has 0 aliphatic rings. The molecule has 4 rings (SSSR count). The Hall–Kier alpha value is -2.82. The third kappa shape index (κ3) is 3.86. The molecule has 4 aromatic rings. The first-order chi connectivity index (χ1) is 14.1. The molecule has 0 aliphatic carbocycles. The Labute approximate surface area is 174 Å². The molecule has 148 valence electrons. The SMILES string of the molecule is COc1cc(-n2cnn3cc(-c4ccc(Cl)cc4)cc3c2=O)ccc1OCPC. The molecular formula is C21H19ClN3O3P. The molecule has 0 N–H and O–H groups in total. The average molecular weight is 428 g/mol. The molecule has 2 aromatic heterocycles. The zero-order valence-electron chi connectivity index (χ0n) is 15.9. The number of fused-ring (bicyclic) bond motifs is 1. The molecule has 0 saturated heterocycles. The Morgan fingerprint density at radius 2 is 1.86 bits per heavy atom. The van der Waals surface area contributed by atoms with Crippen molar-refractivity contribution in [2.75, 3.05) is 20.1 Å². The molecule has 29 heavy (non-hydrogen) atoms. The maximum atomic E-state index is 13.1. The third-order valence-electron chi connectivity index (χ3n) is 4.50. The number of hydrogen-bond acceptors (Lipinski definition) is 4. The van der Waals surface area contributed by atoms with Crippen LogP contribution >= 0.6 is 20.2 Å². The van der Waals surface area contributed by atoms with Crippen LogP contribution in [0.3, 0.4) is 0 Å². The number of methoxy groups -OCH3 is 1. The first-order valence-electron chi connectivity index (χ1n) is 8.92. The molecule has 2 aromatic carbocycles. The van der Waals surface area contributed by atoms with E-state index in [0.29, 0.717) is 42.7 Å². The van der Waals surface area contributed by atoms with Gasteiger partial charge in [-0.3, -0.25) is 9.36 Å². The van der Waals surface area contributed by atoms with Gasteiger partial charge in [-0.15, -0.1) is 0 Å². The maximum Gasteiger partial charge on any atom is 0.282 e. The summed E-state index contributed by atoms with van der Waals surface area (Å²) >= 11 is 5.97. The van der Waals surface area contributed by atoms with Gasteiger partial charge in [-0.05, 0) is 42.6 Å². The normalized spacial score (nSPS) is 11.4.